The standard InChI is InChI=1S/C7H11N3O2S/c1-12-6(11)5(9-10-8)7(13-2)3-4-7/h5H,3-4H2,1-2H3. The number of azide groups is 1. The Hall–Kier alpha value is -0.870. The largest absolute Gasteiger partial charge is 0.469 e. The maximum atomic E-state index is 11.2. The molecule has 0 aliphatic heterocycles. The molecule has 0 radical (unpaired) electrons. The number of rotatable bonds is 4. The van der Waals surface area contributed by atoms with E-state index in [9.17, 15) is 4.79 Å². The molecule has 6 heteroatoms. The van der Waals surface area contributed by atoms with E-state index in [4.69, 9.17) is 5.53 Å². The Morgan fingerprint density at radius 1 is 1.77 bits per heavy atom. The summed E-state index contributed by atoms with van der Waals surface area (Å²) in [6, 6.07) is -0.669. The number of thioether (sulfide) groups is 1. The highest BCUT2D eigenvalue weighted by Gasteiger charge is 2.52. The zero-order valence-electron chi connectivity index (χ0n) is 7.56. The SMILES string of the molecule is COC(=O)C(N=[N+]=[N-])C1(SC)CC1. The number of nitrogens with zero attached hydrogens (tertiary/aromatic N) is 3. The molecule has 0 aromatic rings. The first-order valence-corrected chi connectivity index (χ1v) is 5.10. The summed E-state index contributed by atoms with van der Waals surface area (Å²) in [5.41, 5.74) is 8.31. The molecule has 1 rings (SSSR count). The molecule has 0 spiro atoms. The quantitative estimate of drug-likeness (QED) is 0.301. The molecule has 5 nitrogen and oxygen atoms in total. The van der Waals surface area contributed by atoms with Crippen molar-refractivity contribution in [1.82, 2.24) is 0 Å². The van der Waals surface area contributed by atoms with Gasteiger partial charge < -0.3 is 4.74 Å². The normalized spacial score (nSPS) is 19.8. The third-order valence-electron chi connectivity index (χ3n) is 2.24. The fourth-order valence-electron chi connectivity index (χ4n) is 1.24. The lowest BCUT2D eigenvalue weighted by molar-refractivity contribution is -0.142. The van der Waals surface area contributed by atoms with Crippen molar-refractivity contribution in [2.24, 2.45) is 5.11 Å². The monoisotopic (exact) mass is 201 g/mol. The van der Waals surface area contributed by atoms with E-state index in [1.54, 1.807) is 11.8 Å². The Labute approximate surface area is 80.5 Å². The first kappa shape index (κ1) is 10.2. The van der Waals surface area contributed by atoms with E-state index >= 15 is 0 Å². The van der Waals surface area contributed by atoms with Crippen LogP contribution in [0.5, 0.6) is 0 Å². The van der Waals surface area contributed by atoms with Gasteiger partial charge in [0.15, 0.2) is 0 Å². The average molecular weight is 201 g/mol. The second-order valence-electron chi connectivity index (χ2n) is 2.90. The molecule has 0 aromatic heterocycles. The molecule has 1 fully saturated rings. The average Bonchev–Trinajstić information content (AvgIpc) is 2.94. The number of esters is 1. The molecular formula is C7H11N3O2S. The molecule has 0 N–H and O–H groups in total. The summed E-state index contributed by atoms with van der Waals surface area (Å²) in [5.74, 6) is -0.440. The van der Waals surface area contributed by atoms with Crippen LogP contribution in [0.4, 0.5) is 0 Å². The minimum atomic E-state index is -0.669. The van der Waals surface area contributed by atoms with E-state index < -0.39 is 12.0 Å². The summed E-state index contributed by atoms with van der Waals surface area (Å²) in [5, 5.41) is 3.49. The van der Waals surface area contributed by atoms with Crippen molar-refractivity contribution in [1.29, 1.82) is 0 Å². The highest BCUT2D eigenvalue weighted by Crippen LogP contribution is 2.51. The first-order valence-electron chi connectivity index (χ1n) is 3.87. The van der Waals surface area contributed by atoms with Gasteiger partial charge in [-0.1, -0.05) is 5.11 Å². The molecule has 0 amide bonds. The van der Waals surface area contributed by atoms with Gasteiger partial charge in [-0.3, -0.25) is 4.79 Å². The van der Waals surface area contributed by atoms with Crippen molar-refractivity contribution in [2.75, 3.05) is 13.4 Å². The number of ether oxygens (including phenoxy) is 1. The number of carbonyl (C=O) groups is 1. The van der Waals surface area contributed by atoms with Crippen molar-refractivity contribution in [3.63, 3.8) is 0 Å². The Balaban J connectivity index is 2.79. The summed E-state index contributed by atoms with van der Waals surface area (Å²) >= 11 is 1.56. The van der Waals surface area contributed by atoms with E-state index in [2.05, 4.69) is 14.8 Å². The minimum Gasteiger partial charge on any atom is -0.469 e. The van der Waals surface area contributed by atoms with Crippen LogP contribution in [0, 0.1) is 0 Å². The lowest BCUT2D eigenvalue weighted by Gasteiger charge is -2.17. The highest BCUT2D eigenvalue weighted by atomic mass is 32.2. The zero-order valence-corrected chi connectivity index (χ0v) is 8.37. The minimum absolute atomic E-state index is 0.195. The maximum Gasteiger partial charge on any atom is 0.316 e. The van der Waals surface area contributed by atoms with Crippen molar-refractivity contribution < 1.29 is 9.53 Å². The molecule has 72 valence electrons. The molecule has 0 heterocycles. The lowest BCUT2D eigenvalue weighted by atomic mass is 10.2. The predicted octanol–water partition coefficient (Wildman–Crippen LogP) is 1.73. The van der Waals surface area contributed by atoms with Gasteiger partial charge in [0, 0.05) is 9.66 Å². The predicted molar refractivity (Wildman–Crippen MR) is 50.4 cm³/mol. The third kappa shape index (κ3) is 1.89. The summed E-state index contributed by atoms with van der Waals surface area (Å²) in [6.45, 7) is 0. The smallest absolute Gasteiger partial charge is 0.316 e. The van der Waals surface area contributed by atoms with Crippen LogP contribution in [-0.4, -0.2) is 30.1 Å². The molecule has 1 aliphatic rings. The van der Waals surface area contributed by atoms with E-state index in [0.717, 1.165) is 12.8 Å². The van der Waals surface area contributed by atoms with Gasteiger partial charge in [0.2, 0.25) is 0 Å². The van der Waals surface area contributed by atoms with Crippen LogP contribution >= 0.6 is 11.8 Å². The first-order chi connectivity index (χ1) is 6.20. The van der Waals surface area contributed by atoms with E-state index in [-0.39, 0.29) is 4.75 Å². The van der Waals surface area contributed by atoms with Gasteiger partial charge >= 0.3 is 5.97 Å². The van der Waals surface area contributed by atoms with Crippen LogP contribution in [0.1, 0.15) is 12.8 Å². The van der Waals surface area contributed by atoms with E-state index in [1.807, 2.05) is 6.26 Å². The molecule has 1 aliphatic carbocycles. The fraction of sp³-hybridized carbons (Fsp3) is 0.857. The summed E-state index contributed by atoms with van der Waals surface area (Å²) in [6.07, 6.45) is 3.73. The lowest BCUT2D eigenvalue weighted by Crippen LogP contribution is -2.32. The van der Waals surface area contributed by atoms with Gasteiger partial charge in [-0.05, 0) is 24.6 Å². The van der Waals surface area contributed by atoms with Gasteiger partial charge in [-0.15, -0.1) is 0 Å². The number of hydrogen-bond acceptors (Lipinski definition) is 4. The summed E-state index contributed by atoms with van der Waals surface area (Å²) in [7, 11) is 1.30. The molecule has 1 atom stereocenters. The molecular weight excluding hydrogens is 190 g/mol. The Morgan fingerprint density at radius 3 is 2.69 bits per heavy atom. The molecule has 13 heavy (non-hydrogen) atoms. The highest BCUT2D eigenvalue weighted by molar-refractivity contribution is 8.00. The number of methoxy groups -OCH3 is 1. The van der Waals surface area contributed by atoms with Crippen LogP contribution in [0.25, 0.3) is 10.4 Å². The third-order valence-corrected chi connectivity index (χ3v) is 3.68. The van der Waals surface area contributed by atoms with E-state index in [1.165, 1.54) is 7.11 Å². The van der Waals surface area contributed by atoms with Gasteiger partial charge in [-0.25, -0.2) is 0 Å². The molecule has 1 unspecified atom stereocenters. The fourth-order valence-corrected chi connectivity index (χ4v) is 2.12. The second kappa shape index (κ2) is 3.89. The molecule has 0 saturated heterocycles. The van der Waals surface area contributed by atoms with Crippen molar-refractivity contribution in [3.8, 4) is 0 Å². The van der Waals surface area contributed by atoms with Crippen LogP contribution < -0.4 is 0 Å². The Kier molecular flexibility index (Phi) is 3.06. The molecule has 1 saturated carbocycles. The van der Waals surface area contributed by atoms with Crippen LogP contribution in [0.15, 0.2) is 5.11 Å². The van der Waals surface area contributed by atoms with E-state index in [0.29, 0.717) is 0 Å². The molecule has 0 bridgehead atoms. The zero-order chi connectivity index (χ0) is 9.90. The second-order valence-corrected chi connectivity index (χ2v) is 4.12. The molecule has 0 aromatic carbocycles. The Bertz CT molecular complexity index is 258. The van der Waals surface area contributed by atoms with Gasteiger partial charge in [0.25, 0.3) is 0 Å². The summed E-state index contributed by atoms with van der Waals surface area (Å²) in [4.78, 5) is 13.9. The van der Waals surface area contributed by atoms with Crippen LogP contribution in [-0.2, 0) is 9.53 Å². The van der Waals surface area contributed by atoms with Crippen molar-refractivity contribution in [2.45, 2.75) is 23.6 Å². The number of carbonyl (C=O) groups excluding carboxylic acids is 1. The van der Waals surface area contributed by atoms with Gasteiger partial charge in [0.1, 0.15) is 6.04 Å². The van der Waals surface area contributed by atoms with Crippen molar-refractivity contribution in [3.05, 3.63) is 10.4 Å². The topological polar surface area (TPSA) is 75.1 Å². The summed E-state index contributed by atoms with van der Waals surface area (Å²) < 4.78 is 4.38. The van der Waals surface area contributed by atoms with Gasteiger partial charge in [-0.2, -0.15) is 11.8 Å². The van der Waals surface area contributed by atoms with Gasteiger partial charge in [0.05, 0.1) is 7.11 Å². The van der Waals surface area contributed by atoms with Crippen molar-refractivity contribution >= 4 is 17.7 Å². The maximum absolute atomic E-state index is 11.2. The van der Waals surface area contributed by atoms with Crippen LogP contribution in [0.3, 0.4) is 0 Å². The number of hydrogen-bond donors (Lipinski definition) is 0. The van der Waals surface area contributed by atoms with Crippen LogP contribution in [0.2, 0.25) is 0 Å². The Morgan fingerprint density at radius 2 is 2.38 bits per heavy atom.